The van der Waals surface area contributed by atoms with Gasteiger partial charge in [0.05, 0.1) is 33.1 Å². The van der Waals surface area contributed by atoms with Crippen LogP contribution in [0.4, 0.5) is 20.2 Å². The van der Waals surface area contributed by atoms with E-state index >= 15 is 0 Å². The molecule has 0 aliphatic heterocycles. The van der Waals surface area contributed by atoms with Gasteiger partial charge in [0.1, 0.15) is 11.6 Å². The fourth-order valence-electron chi connectivity index (χ4n) is 3.99. The highest BCUT2D eigenvalue weighted by Gasteiger charge is 2.28. The third-order valence-electron chi connectivity index (χ3n) is 5.77. The minimum atomic E-state index is -0.962. The number of ketones is 1. The smallest absolute Gasteiger partial charge is 0.296 e. The number of nitro benzene ring substituents is 2. The van der Waals surface area contributed by atoms with Crippen LogP contribution >= 0.6 is 0 Å². The number of halogens is 2. The summed E-state index contributed by atoms with van der Waals surface area (Å²) in [7, 11) is 0. The van der Waals surface area contributed by atoms with Gasteiger partial charge in [-0.1, -0.05) is 0 Å². The SMILES string of the molecule is O=C(Cn1c(=O)c2nc(-c3ccc(F)cc3)cn2c2cc([N+](=O)[O-])c([N+](=O)[O-])cc21)c1ccc(F)cc1. The van der Waals surface area contributed by atoms with Crippen molar-refractivity contribution < 1.29 is 23.4 Å². The second-order valence-corrected chi connectivity index (χ2v) is 7.99. The van der Waals surface area contributed by atoms with Crippen LogP contribution in [0.5, 0.6) is 0 Å². The van der Waals surface area contributed by atoms with Crippen molar-refractivity contribution in [2.24, 2.45) is 0 Å². The van der Waals surface area contributed by atoms with Crippen molar-refractivity contribution in [3.63, 3.8) is 0 Å². The normalized spacial score (nSPS) is 11.2. The molecule has 0 aliphatic rings. The van der Waals surface area contributed by atoms with Gasteiger partial charge in [-0.2, -0.15) is 0 Å². The summed E-state index contributed by atoms with van der Waals surface area (Å²) in [5.41, 5.74) is -2.13. The van der Waals surface area contributed by atoms with Gasteiger partial charge in [-0.3, -0.25) is 38.8 Å². The molecule has 184 valence electrons. The highest BCUT2D eigenvalue weighted by atomic mass is 19.1. The van der Waals surface area contributed by atoms with E-state index in [9.17, 15) is 38.6 Å². The summed E-state index contributed by atoms with van der Waals surface area (Å²) < 4.78 is 28.8. The van der Waals surface area contributed by atoms with Crippen LogP contribution in [0.25, 0.3) is 27.9 Å². The van der Waals surface area contributed by atoms with Crippen LogP contribution < -0.4 is 5.56 Å². The van der Waals surface area contributed by atoms with Crippen molar-refractivity contribution in [3.8, 4) is 11.3 Å². The summed E-state index contributed by atoms with van der Waals surface area (Å²) in [6, 6.07) is 11.6. The molecule has 5 rings (SSSR count). The zero-order valence-electron chi connectivity index (χ0n) is 18.5. The molecule has 11 nitrogen and oxygen atoms in total. The van der Waals surface area contributed by atoms with Gasteiger partial charge < -0.3 is 0 Å². The number of imidazole rings is 1. The Morgan fingerprint density at radius 2 is 1.41 bits per heavy atom. The number of rotatable bonds is 6. The van der Waals surface area contributed by atoms with Crippen LogP contribution in [0.15, 0.2) is 71.7 Å². The summed E-state index contributed by atoms with van der Waals surface area (Å²) in [5, 5.41) is 23.2. The first kappa shape index (κ1) is 23.4. The molecular weight excluding hydrogens is 492 g/mol. The molecule has 3 aromatic carbocycles. The molecule has 0 saturated heterocycles. The Bertz CT molecular complexity index is 1810. The summed E-state index contributed by atoms with van der Waals surface area (Å²) in [5.74, 6) is -1.68. The second-order valence-electron chi connectivity index (χ2n) is 7.99. The van der Waals surface area contributed by atoms with E-state index in [1.165, 1.54) is 47.0 Å². The molecule has 0 bridgehead atoms. The van der Waals surface area contributed by atoms with Gasteiger partial charge in [0.25, 0.3) is 5.56 Å². The Morgan fingerprint density at radius 3 is 1.97 bits per heavy atom. The fourth-order valence-corrected chi connectivity index (χ4v) is 3.99. The first-order valence-electron chi connectivity index (χ1n) is 10.6. The average molecular weight is 505 g/mol. The summed E-state index contributed by atoms with van der Waals surface area (Å²) in [6.45, 7) is -0.606. The van der Waals surface area contributed by atoms with Gasteiger partial charge >= 0.3 is 11.4 Å². The predicted octanol–water partition coefficient (Wildman–Crippen LogP) is 4.29. The average Bonchev–Trinajstić information content (AvgIpc) is 3.32. The largest absolute Gasteiger partial charge is 0.348 e. The lowest BCUT2D eigenvalue weighted by Crippen LogP contribution is -2.27. The molecule has 0 saturated carbocycles. The summed E-state index contributed by atoms with van der Waals surface area (Å²) in [4.78, 5) is 52.0. The molecule has 0 fully saturated rings. The summed E-state index contributed by atoms with van der Waals surface area (Å²) in [6.07, 6.45) is 1.38. The maximum atomic E-state index is 13.5. The number of fused-ring (bicyclic) bond motifs is 3. The van der Waals surface area contributed by atoms with Crippen molar-refractivity contribution >= 4 is 33.8 Å². The number of nitrogens with zero attached hydrogens (tertiary/aromatic N) is 5. The number of hydrogen-bond acceptors (Lipinski definition) is 7. The van der Waals surface area contributed by atoms with Gasteiger partial charge in [-0.25, -0.2) is 13.8 Å². The van der Waals surface area contributed by atoms with Crippen LogP contribution in [-0.4, -0.2) is 29.6 Å². The van der Waals surface area contributed by atoms with Gasteiger partial charge in [0.15, 0.2) is 5.78 Å². The van der Waals surface area contributed by atoms with E-state index in [0.717, 1.165) is 28.8 Å². The molecule has 2 heterocycles. The molecule has 5 aromatic rings. The maximum absolute atomic E-state index is 13.5. The zero-order chi connectivity index (χ0) is 26.4. The number of nitro groups is 2. The highest BCUT2D eigenvalue weighted by Crippen LogP contribution is 2.32. The van der Waals surface area contributed by atoms with Crippen LogP contribution in [0.1, 0.15) is 10.4 Å². The number of benzene rings is 3. The minimum Gasteiger partial charge on any atom is -0.296 e. The molecule has 13 heteroatoms. The predicted molar refractivity (Wildman–Crippen MR) is 126 cm³/mol. The van der Waals surface area contributed by atoms with E-state index < -0.39 is 50.7 Å². The van der Waals surface area contributed by atoms with Crippen LogP contribution in [0.2, 0.25) is 0 Å². The standard InChI is InChI=1S/C24H13F2N5O6/c25-15-5-1-13(2-6-15)17-11-28-18-9-20(30(34)35)21(31(36)37)10-19(18)29(24(33)23(28)27-17)12-22(32)14-3-7-16(26)8-4-14/h1-11H,12H2. The number of carbonyl (C=O) groups is 1. The van der Waals surface area contributed by atoms with Gasteiger partial charge in [-0.05, 0) is 48.5 Å². The molecule has 0 spiro atoms. The third-order valence-corrected chi connectivity index (χ3v) is 5.77. The Kier molecular flexibility index (Phi) is 5.51. The van der Waals surface area contributed by atoms with Gasteiger partial charge in [0.2, 0.25) is 5.65 Å². The topological polar surface area (TPSA) is 143 Å². The fraction of sp³-hybridized carbons (Fsp3) is 0.0417. The lowest BCUT2D eigenvalue weighted by atomic mass is 10.1. The lowest BCUT2D eigenvalue weighted by Gasteiger charge is -2.11. The van der Waals surface area contributed by atoms with Crippen molar-refractivity contribution in [3.05, 3.63) is 115 Å². The van der Waals surface area contributed by atoms with Crippen molar-refractivity contribution in [2.75, 3.05) is 0 Å². The number of aromatic nitrogens is 3. The highest BCUT2D eigenvalue weighted by molar-refractivity contribution is 5.97. The van der Waals surface area contributed by atoms with E-state index in [2.05, 4.69) is 4.98 Å². The van der Waals surface area contributed by atoms with E-state index in [0.29, 0.717) is 5.56 Å². The molecule has 0 N–H and O–H groups in total. The molecular formula is C24H13F2N5O6. The Balaban J connectivity index is 1.81. The molecule has 2 aromatic heterocycles. The van der Waals surface area contributed by atoms with Gasteiger partial charge in [0, 0.05) is 29.5 Å². The molecule has 0 atom stereocenters. The summed E-state index contributed by atoms with van der Waals surface area (Å²) >= 11 is 0. The Hall–Kier alpha value is -5.33. The van der Waals surface area contributed by atoms with Crippen LogP contribution in [0.3, 0.4) is 0 Å². The molecule has 0 unspecified atom stereocenters. The third kappa shape index (κ3) is 4.07. The molecule has 37 heavy (non-hydrogen) atoms. The van der Waals surface area contributed by atoms with Crippen molar-refractivity contribution in [1.82, 2.24) is 14.0 Å². The number of hydrogen-bond donors (Lipinski definition) is 0. The van der Waals surface area contributed by atoms with Crippen LogP contribution in [-0.2, 0) is 6.54 Å². The van der Waals surface area contributed by atoms with E-state index in [1.807, 2.05) is 0 Å². The van der Waals surface area contributed by atoms with Crippen molar-refractivity contribution in [2.45, 2.75) is 6.54 Å². The lowest BCUT2D eigenvalue weighted by molar-refractivity contribution is -0.422. The molecule has 0 aliphatic carbocycles. The Morgan fingerprint density at radius 1 is 0.865 bits per heavy atom. The van der Waals surface area contributed by atoms with Crippen molar-refractivity contribution in [1.29, 1.82) is 0 Å². The Labute approximate surface area is 204 Å². The van der Waals surface area contributed by atoms with Gasteiger partial charge in [-0.15, -0.1) is 0 Å². The van der Waals surface area contributed by atoms with E-state index in [1.54, 1.807) is 0 Å². The maximum Gasteiger partial charge on any atom is 0.348 e. The molecule has 0 amide bonds. The van der Waals surface area contributed by atoms with E-state index in [4.69, 9.17) is 0 Å². The monoisotopic (exact) mass is 505 g/mol. The minimum absolute atomic E-state index is 0.000308. The molecule has 0 radical (unpaired) electrons. The number of Topliss-reactive ketones (excluding diaryl/α,β-unsaturated/α-hetero) is 1. The van der Waals surface area contributed by atoms with Crippen LogP contribution in [0, 0.1) is 31.9 Å². The zero-order valence-corrected chi connectivity index (χ0v) is 18.5. The second kappa shape index (κ2) is 8.71. The first-order chi connectivity index (χ1) is 17.6. The quantitative estimate of drug-likeness (QED) is 0.190. The van der Waals surface area contributed by atoms with E-state index in [-0.39, 0.29) is 27.9 Å². The first-order valence-corrected chi connectivity index (χ1v) is 10.6. The number of carbonyl (C=O) groups excluding carboxylic acids is 1.